The van der Waals surface area contributed by atoms with Gasteiger partial charge in [0, 0.05) is 57.1 Å². The van der Waals surface area contributed by atoms with Gasteiger partial charge in [0.15, 0.2) is 11.4 Å². The maximum absolute atomic E-state index is 13.7. The van der Waals surface area contributed by atoms with Crippen molar-refractivity contribution in [3.05, 3.63) is 47.9 Å². The van der Waals surface area contributed by atoms with Crippen LogP contribution in [0.4, 0.5) is 10.6 Å². The molecule has 196 valence electrons. The van der Waals surface area contributed by atoms with Gasteiger partial charge in [0.25, 0.3) is 0 Å². The van der Waals surface area contributed by atoms with E-state index in [-0.39, 0.29) is 12.0 Å². The minimum atomic E-state index is -0.616. The molecule has 1 spiro atoms. The highest BCUT2D eigenvalue weighted by Crippen LogP contribution is 2.52. The van der Waals surface area contributed by atoms with Crippen LogP contribution in [0.2, 0.25) is 0 Å². The van der Waals surface area contributed by atoms with E-state index in [4.69, 9.17) is 19.5 Å². The van der Waals surface area contributed by atoms with Gasteiger partial charge >= 0.3 is 6.09 Å². The monoisotopic (exact) mass is 507 g/mol. The van der Waals surface area contributed by atoms with Gasteiger partial charge in [-0.05, 0) is 36.5 Å². The molecule has 0 radical (unpaired) electrons. The highest BCUT2D eigenvalue weighted by atomic mass is 17.2. The number of amides is 2. The summed E-state index contributed by atoms with van der Waals surface area (Å²) in [6.45, 7) is 8.18. The smallest absolute Gasteiger partial charge is 0.409 e. The van der Waals surface area contributed by atoms with Crippen molar-refractivity contribution in [2.45, 2.75) is 44.1 Å². The van der Waals surface area contributed by atoms with E-state index in [9.17, 15) is 9.59 Å². The van der Waals surface area contributed by atoms with Gasteiger partial charge < -0.3 is 24.3 Å². The van der Waals surface area contributed by atoms with Gasteiger partial charge in [0.2, 0.25) is 5.91 Å². The van der Waals surface area contributed by atoms with Crippen molar-refractivity contribution in [3.8, 4) is 5.75 Å². The Kier molecular flexibility index (Phi) is 5.94. The van der Waals surface area contributed by atoms with E-state index in [0.717, 1.165) is 29.8 Å². The largest absolute Gasteiger partial charge is 0.449 e. The van der Waals surface area contributed by atoms with Gasteiger partial charge in [0.1, 0.15) is 5.82 Å². The first-order chi connectivity index (χ1) is 17.9. The Morgan fingerprint density at radius 2 is 1.84 bits per heavy atom. The summed E-state index contributed by atoms with van der Waals surface area (Å²) in [6, 6.07) is 5.96. The number of piperazine rings is 1. The average Bonchev–Trinajstić information content (AvgIpc) is 3.51. The minimum absolute atomic E-state index is 0.138. The van der Waals surface area contributed by atoms with Crippen LogP contribution in [0.5, 0.6) is 5.75 Å². The first-order valence-electron chi connectivity index (χ1n) is 13.1. The molecule has 2 saturated heterocycles. The van der Waals surface area contributed by atoms with Crippen molar-refractivity contribution in [3.63, 3.8) is 0 Å². The Bertz CT molecular complexity index is 1180. The van der Waals surface area contributed by atoms with Crippen LogP contribution < -0.4 is 9.79 Å². The van der Waals surface area contributed by atoms with Crippen LogP contribution in [-0.2, 0) is 25.4 Å². The first kappa shape index (κ1) is 24.0. The number of rotatable bonds is 5. The Hall–Kier alpha value is -3.40. The molecule has 1 saturated carbocycles. The van der Waals surface area contributed by atoms with Crippen LogP contribution >= 0.6 is 0 Å². The van der Waals surface area contributed by atoms with Gasteiger partial charge in [0.05, 0.1) is 24.8 Å². The minimum Gasteiger partial charge on any atom is -0.449 e. The zero-order valence-electron chi connectivity index (χ0n) is 21.4. The van der Waals surface area contributed by atoms with E-state index in [1.165, 1.54) is 0 Å². The third-order valence-corrected chi connectivity index (χ3v) is 7.95. The van der Waals surface area contributed by atoms with Crippen LogP contribution in [-0.4, -0.2) is 77.6 Å². The summed E-state index contributed by atoms with van der Waals surface area (Å²) in [4.78, 5) is 51.7. The van der Waals surface area contributed by atoms with E-state index in [0.29, 0.717) is 64.0 Å². The van der Waals surface area contributed by atoms with Crippen molar-refractivity contribution < 1.29 is 24.1 Å². The lowest BCUT2D eigenvalue weighted by Gasteiger charge is -2.35. The molecule has 1 atom stereocenters. The van der Waals surface area contributed by atoms with Crippen LogP contribution in [0.1, 0.15) is 44.2 Å². The summed E-state index contributed by atoms with van der Waals surface area (Å²) in [7, 11) is 0. The zero-order chi connectivity index (χ0) is 25.6. The number of likely N-dealkylation sites (tertiary alicyclic amines) is 1. The molecule has 3 aliphatic heterocycles. The van der Waals surface area contributed by atoms with Crippen LogP contribution in [0.25, 0.3) is 0 Å². The predicted octanol–water partition coefficient (Wildman–Crippen LogP) is 2.87. The predicted molar refractivity (Wildman–Crippen MR) is 134 cm³/mol. The number of carbonyl (C=O) groups excluding carboxylic acids is 2. The topological polar surface area (TPSA) is 97.3 Å². The molecule has 5 heterocycles. The maximum atomic E-state index is 13.7. The molecule has 1 unspecified atom stereocenters. The summed E-state index contributed by atoms with van der Waals surface area (Å²) < 4.78 is 5.36. The van der Waals surface area contributed by atoms with E-state index in [1.807, 2.05) is 43.1 Å². The molecule has 0 bridgehead atoms. The standard InChI is InChI=1S/C27H33N5O5/c1-19(2)17-35-25(34)31-13-11-30(12-14-31)23-4-3-20(15-29-23)26(6-7-26)24(33)32-10-8-27(18-32)21-5-9-28-16-22(21)36-37-27/h3-5,9,15-16,19H,6-8,10-14,17-18H2,1-2H3. The number of fused-ring (bicyclic) bond motifs is 2. The van der Waals surface area contributed by atoms with Crippen molar-refractivity contribution in [2.75, 3.05) is 50.8 Å². The molecule has 4 aliphatic rings. The summed E-state index contributed by atoms with van der Waals surface area (Å²) >= 11 is 0. The highest BCUT2D eigenvalue weighted by molar-refractivity contribution is 5.91. The highest BCUT2D eigenvalue weighted by Gasteiger charge is 2.57. The second kappa shape index (κ2) is 9.16. The van der Waals surface area contributed by atoms with E-state index < -0.39 is 11.0 Å². The van der Waals surface area contributed by atoms with Crippen molar-refractivity contribution in [1.29, 1.82) is 0 Å². The number of hydrogen-bond acceptors (Lipinski definition) is 8. The molecular formula is C27H33N5O5. The van der Waals surface area contributed by atoms with Crippen molar-refractivity contribution >= 4 is 17.8 Å². The molecule has 3 fully saturated rings. The summed E-state index contributed by atoms with van der Waals surface area (Å²) in [5.41, 5.74) is 0.805. The summed E-state index contributed by atoms with van der Waals surface area (Å²) in [5, 5.41) is 0. The van der Waals surface area contributed by atoms with Gasteiger partial charge in [-0.1, -0.05) is 19.9 Å². The Balaban J connectivity index is 1.08. The number of anilines is 1. The van der Waals surface area contributed by atoms with Crippen LogP contribution in [0, 0.1) is 5.92 Å². The molecule has 0 N–H and O–H groups in total. The molecule has 37 heavy (non-hydrogen) atoms. The normalized spacial score (nSPS) is 23.8. The number of carbonyl (C=O) groups is 2. The number of nitrogens with zero attached hydrogens (tertiary/aromatic N) is 5. The molecule has 10 nitrogen and oxygen atoms in total. The Labute approximate surface area is 216 Å². The van der Waals surface area contributed by atoms with Crippen LogP contribution in [0.3, 0.4) is 0 Å². The number of pyridine rings is 2. The van der Waals surface area contributed by atoms with Crippen LogP contribution in [0.15, 0.2) is 36.8 Å². The molecule has 6 rings (SSSR count). The van der Waals surface area contributed by atoms with E-state index >= 15 is 0 Å². The Morgan fingerprint density at radius 1 is 1.03 bits per heavy atom. The van der Waals surface area contributed by atoms with E-state index in [1.54, 1.807) is 17.3 Å². The second-order valence-corrected chi connectivity index (χ2v) is 10.9. The molecule has 10 heteroatoms. The van der Waals surface area contributed by atoms with Gasteiger partial charge in [-0.15, -0.1) is 0 Å². The number of aromatic nitrogens is 2. The molecule has 2 amide bonds. The van der Waals surface area contributed by atoms with Gasteiger partial charge in [-0.25, -0.2) is 9.78 Å². The molecule has 2 aromatic heterocycles. The quantitative estimate of drug-likeness (QED) is 0.570. The zero-order valence-corrected chi connectivity index (χ0v) is 21.4. The van der Waals surface area contributed by atoms with Gasteiger partial charge in [-0.2, -0.15) is 4.89 Å². The van der Waals surface area contributed by atoms with Crippen molar-refractivity contribution in [2.24, 2.45) is 5.92 Å². The molecule has 2 aromatic rings. The molecule has 0 aromatic carbocycles. The molecule has 1 aliphatic carbocycles. The lowest BCUT2D eigenvalue weighted by atomic mass is 9.93. The SMILES string of the molecule is CC(C)COC(=O)N1CCN(c2ccc(C3(C(=O)N4CCC5(C4)OOc4cnccc45)CC3)cn2)CC1. The fraction of sp³-hybridized carbons (Fsp3) is 0.556. The first-order valence-corrected chi connectivity index (χ1v) is 13.1. The molecular weight excluding hydrogens is 474 g/mol. The van der Waals surface area contributed by atoms with E-state index in [2.05, 4.69) is 9.88 Å². The summed E-state index contributed by atoms with van der Waals surface area (Å²) in [6.07, 6.45) is 7.34. The Morgan fingerprint density at radius 3 is 2.54 bits per heavy atom. The maximum Gasteiger partial charge on any atom is 0.409 e. The number of hydrogen-bond donors (Lipinski definition) is 0. The van der Waals surface area contributed by atoms with Crippen molar-refractivity contribution in [1.82, 2.24) is 19.8 Å². The average molecular weight is 508 g/mol. The fourth-order valence-electron chi connectivity index (χ4n) is 5.59. The second-order valence-electron chi connectivity index (χ2n) is 10.9. The fourth-order valence-corrected chi connectivity index (χ4v) is 5.59. The lowest BCUT2D eigenvalue weighted by molar-refractivity contribution is -0.268. The third kappa shape index (κ3) is 4.27. The summed E-state index contributed by atoms with van der Waals surface area (Å²) in [5.74, 6) is 1.95. The van der Waals surface area contributed by atoms with Gasteiger partial charge in [-0.3, -0.25) is 9.78 Å². The lowest BCUT2D eigenvalue weighted by Crippen LogP contribution is -2.49. The third-order valence-electron chi connectivity index (χ3n) is 7.95. The number of ether oxygens (including phenoxy) is 1.